The second kappa shape index (κ2) is 8.97. The standard InChI is InChI=1S/C20H27N3O3S2/c1-26-11-5-10-23-19(25)17-14-8-4-9-15(14)28-18(17)22-20(23)27-12-16(24)21-13-6-2-3-7-13/h13H,2-12H2,1H3,(H,21,24). The SMILES string of the molecule is COCCCn1c(SCC(=O)NC2CCCC2)nc2sc3c(c2c1=O)CCC3. The van der Waals surface area contributed by atoms with Gasteiger partial charge in [-0.05, 0) is 44.1 Å². The molecule has 1 saturated carbocycles. The second-order valence-electron chi connectivity index (χ2n) is 7.57. The van der Waals surface area contributed by atoms with Crippen LogP contribution in [0.1, 0.15) is 49.0 Å². The monoisotopic (exact) mass is 421 g/mol. The zero-order valence-electron chi connectivity index (χ0n) is 16.3. The number of aromatic nitrogens is 2. The molecular weight excluding hydrogens is 394 g/mol. The lowest BCUT2D eigenvalue weighted by molar-refractivity contribution is -0.119. The van der Waals surface area contributed by atoms with Gasteiger partial charge in [-0.25, -0.2) is 4.98 Å². The Morgan fingerprint density at radius 2 is 2.14 bits per heavy atom. The number of nitrogens with one attached hydrogen (secondary N) is 1. The average molecular weight is 422 g/mol. The highest BCUT2D eigenvalue weighted by atomic mass is 32.2. The number of thiophene rings is 1. The fourth-order valence-corrected chi connectivity index (χ4v) is 6.34. The summed E-state index contributed by atoms with van der Waals surface area (Å²) in [6.07, 6.45) is 8.42. The van der Waals surface area contributed by atoms with Crippen molar-refractivity contribution in [3.8, 4) is 0 Å². The quantitative estimate of drug-likeness (QED) is 0.403. The maximum absolute atomic E-state index is 13.3. The van der Waals surface area contributed by atoms with Crippen molar-refractivity contribution in [1.29, 1.82) is 0 Å². The first-order valence-electron chi connectivity index (χ1n) is 10.1. The summed E-state index contributed by atoms with van der Waals surface area (Å²) in [7, 11) is 1.67. The van der Waals surface area contributed by atoms with Crippen molar-refractivity contribution in [3.05, 3.63) is 20.8 Å². The molecule has 2 aromatic heterocycles. The molecule has 0 aliphatic heterocycles. The van der Waals surface area contributed by atoms with Crippen LogP contribution in [0.5, 0.6) is 0 Å². The third-order valence-electron chi connectivity index (χ3n) is 5.57. The Morgan fingerprint density at radius 3 is 2.93 bits per heavy atom. The predicted octanol–water partition coefficient (Wildman–Crippen LogP) is 3.13. The number of carbonyl (C=O) groups excluding carboxylic acids is 1. The number of carbonyl (C=O) groups is 1. The van der Waals surface area contributed by atoms with Crippen LogP contribution in [-0.2, 0) is 28.9 Å². The summed E-state index contributed by atoms with van der Waals surface area (Å²) in [4.78, 5) is 32.5. The van der Waals surface area contributed by atoms with E-state index in [9.17, 15) is 9.59 Å². The highest BCUT2D eigenvalue weighted by Crippen LogP contribution is 2.35. The molecule has 2 aliphatic rings. The van der Waals surface area contributed by atoms with Crippen molar-refractivity contribution in [2.75, 3.05) is 19.5 Å². The van der Waals surface area contributed by atoms with E-state index in [4.69, 9.17) is 9.72 Å². The first kappa shape index (κ1) is 19.9. The number of hydrogen-bond donors (Lipinski definition) is 1. The van der Waals surface area contributed by atoms with E-state index in [0.29, 0.717) is 30.1 Å². The average Bonchev–Trinajstić information content (AvgIpc) is 3.39. The molecule has 0 unspecified atom stereocenters. The molecule has 0 atom stereocenters. The number of fused-ring (bicyclic) bond motifs is 3. The predicted molar refractivity (Wildman–Crippen MR) is 114 cm³/mol. The number of amides is 1. The third-order valence-corrected chi connectivity index (χ3v) is 7.73. The smallest absolute Gasteiger partial charge is 0.263 e. The van der Waals surface area contributed by atoms with Gasteiger partial charge in [0.25, 0.3) is 5.56 Å². The molecule has 1 N–H and O–H groups in total. The first-order chi connectivity index (χ1) is 13.7. The van der Waals surface area contributed by atoms with Gasteiger partial charge >= 0.3 is 0 Å². The maximum Gasteiger partial charge on any atom is 0.263 e. The van der Waals surface area contributed by atoms with Crippen LogP contribution >= 0.6 is 23.1 Å². The lowest BCUT2D eigenvalue weighted by Gasteiger charge is -2.14. The highest BCUT2D eigenvalue weighted by molar-refractivity contribution is 7.99. The molecule has 0 aromatic carbocycles. The summed E-state index contributed by atoms with van der Waals surface area (Å²) in [5, 5.41) is 4.56. The summed E-state index contributed by atoms with van der Waals surface area (Å²) in [6, 6.07) is 0.313. The molecule has 0 spiro atoms. The van der Waals surface area contributed by atoms with E-state index < -0.39 is 0 Å². The topological polar surface area (TPSA) is 73.2 Å². The number of rotatable bonds is 8. The van der Waals surface area contributed by atoms with Gasteiger partial charge in [-0.3, -0.25) is 14.2 Å². The molecule has 2 aromatic rings. The molecule has 1 fully saturated rings. The fourth-order valence-electron chi connectivity index (χ4n) is 4.20. The van der Waals surface area contributed by atoms with Gasteiger partial charge in [0.2, 0.25) is 5.91 Å². The summed E-state index contributed by atoms with van der Waals surface area (Å²) >= 11 is 3.02. The molecule has 4 rings (SSSR count). The Morgan fingerprint density at radius 1 is 1.32 bits per heavy atom. The summed E-state index contributed by atoms with van der Waals surface area (Å²) < 4.78 is 6.91. The van der Waals surface area contributed by atoms with Crippen molar-refractivity contribution < 1.29 is 9.53 Å². The van der Waals surface area contributed by atoms with Gasteiger partial charge < -0.3 is 10.1 Å². The Bertz CT molecular complexity index is 916. The van der Waals surface area contributed by atoms with Crippen LogP contribution in [-0.4, -0.2) is 41.0 Å². The van der Waals surface area contributed by atoms with Crippen LogP contribution in [0.3, 0.4) is 0 Å². The molecule has 6 nitrogen and oxygen atoms in total. The second-order valence-corrected chi connectivity index (χ2v) is 9.60. The number of ether oxygens (including phenoxy) is 1. The fraction of sp³-hybridized carbons (Fsp3) is 0.650. The van der Waals surface area contributed by atoms with Gasteiger partial charge in [0.05, 0.1) is 11.1 Å². The van der Waals surface area contributed by atoms with Crippen molar-refractivity contribution in [3.63, 3.8) is 0 Å². The minimum atomic E-state index is 0.0309. The molecular formula is C20H27N3O3S2. The molecule has 1 amide bonds. The Labute approximate surface area is 173 Å². The molecule has 28 heavy (non-hydrogen) atoms. The van der Waals surface area contributed by atoms with Gasteiger partial charge in [0, 0.05) is 31.2 Å². The summed E-state index contributed by atoms with van der Waals surface area (Å²) in [5.74, 6) is 0.326. The van der Waals surface area contributed by atoms with Gasteiger partial charge in [-0.15, -0.1) is 11.3 Å². The minimum absolute atomic E-state index is 0.0309. The van der Waals surface area contributed by atoms with E-state index in [0.717, 1.165) is 48.7 Å². The Kier molecular flexibility index (Phi) is 6.38. The largest absolute Gasteiger partial charge is 0.385 e. The number of aryl methyl sites for hydroxylation is 2. The number of thioether (sulfide) groups is 1. The van der Waals surface area contributed by atoms with Gasteiger partial charge in [0.1, 0.15) is 4.83 Å². The van der Waals surface area contributed by atoms with E-state index in [2.05, 4.69) is 5.32 Å². The van der Waals surface area contributed by atoms with Crippen LogP contribution in [0, 0.1) is 0 Å². The molecule has 2 heterocycles. The summed E-state index contributed by atoms with van der Waals surface area (Å²) in [5.41, 5.74) is 1.24. The summed E-state index contributed by atoms with van der Waals surface area (Å²) in [6.45, 7) is 1.16. The van der Waals surface area contributed by atoms with E-state index in [1.54, 1.807) is 23.0 Å². The molecule has 0 radical (unpaired) electrons. The number of hydrogen-bond acceptors (Lipinski definition) is 6. The molecule has 2 aliphatic carbocycles. The van der Waals surface area contributed by atoms with Crippen molar-refractivity contribution in [2.24, 2.45) is 0 Å². The van der Waals surface area contributed by atoms with Crippen LogP contribution in [0.2, 0.25) is 0 Å². The Balaban J connectivity index is 1.57. The van der Waals surface area contributed by atoms with Gasteiger partial charge in [0.15, 0.2) is 5.16 Å². The number of nitrogens with zero attached hydrogens (tertiary/aromatic N) is 2. The van der Waals surface area contributed by atoms with Crippen LogP contribution < -0.4 is 10.9 Å². The molecule has 152 valence electrons. The Hall–Kier alpha value is -1.38. The van der Waals surface area contributed by atoms with Crippen molar-refractivity contribution in [1.82, 2.24) is 14.9 Å². The van der Waals surface area contributed by atoms with Crippen LogP contribution in [0.25, 0.3) is 10.2 Å². The van der Waals surface area contributed by atoms with Crippen molar-refractivity contribution >= 4 is 39.2 Å². The van der Waals surface area contributed by atoms with Gasteiger partial charge in [-0.2, -0.15) is 0 Å². The molecule has 0 bridgehead atoms. The lowest BCUT2D eigenvalue weighted by atomic mass is 10.2. The molecule has 0 saturated heterocycles. The van der Waals surface area contributed by atoms with Crippen LogP contribution in [0.4, 0.5) is 0 Å². The highest BCUT2D eigenvalue weighted by Gasteiger charge is 2.24. The van der Waals surface area contributed by atoms with Crippen molar-refractivity contribution in [2.45, 2.75) is 69.1 Å². The normalized spacial score (nSPS) is 16.8. The maximum atomic E-state index is 13.3. The van der Waals surface area contributed by atoms with E-state index in [1.807, 2.05) is 0 Å². The molecule has 8 heteroatoms. The number of methoxy groups -OCH3 is 1. The van der Waals surface area contributed by atoms with E-state index in [-0.39, 0.29) is 11.5 Å². The van der Waals surface area contributed by atoms with E-state index in [1.165, 1.54) is 35.0 Å². The van der Waals surface area contributed by atoms with Gasteiger partial charge in [-0.1, -0.05) is 24.6 Å². The van der Waals surface area contributed by atoms with Crippen LogP contribution in [0.15, 0.2) is 9.95 Å². The first-order valence-corrected chi connectivity index (χ1v) is 11.9. The third kappa shape index (κ3) is 4.14. The lowest BCUT2D eigenvalue weighted by Crippen LogP contribution is -2.34. The minimum Gasteiger partial charge on any atom is -0.385 e. The van der Waals surface area contributed by atoms with E-state index >= 15 is 0 Å². The zero-order chi connectivity index (χ0) is 19.5. The zero-order valence-corrected chi connectivity index (χ0v) is 17.9.